The lowest BCUT2D eigenvalue weighted by Gasteiger charge is -2.21. The number of esters is 1. The minimum Gasteiger partial charge on any atom is -0.464 e. The molecule has 1 amide bonds. The number of methoxy groups -OCH3 is 1. The normalized spacial score (nSPS) is 11.1. The minimum absolute atomic E-state index is 0.250. The fourth-order valence-electron chi connectivity index (χ4n) is 1.06. The summed E-state index contributed by atoms with van der Waals surface area (Å²) in [5, 5.41) is 3.35. The Morgan fingerprint density at radius 2 is 2.06 bits per heavy atom. The van der Waals surface area contributed by atoms with Crippen LogP contribution in [0.3, 0.4) is 0 Å². The lowest BCUT2D eigenvalue weighted by molar-refractivity contribution is -0.121. The zero-order valence-electron chi connectivity index (χ0n) is 10.2. The number of hydrogen-bond acceptors (Lipinski definition) is 6. The highest BCUT2D eigenvalue weighted by molar-refractivity contribution is 7.15. The molecule has 1 aromatic rings. The van der Waals surface area contributed by atoms with E-state index in [2.05, 4.69) is 15.0 Å². The lowest BCUT2D eigenvalue weighted by atomic mass is 10.1. The lowest BCUT2D eigenvalue weighted by Crippen LogP contribution is -2.45. The van der Waals surface area contributed by atoms with E-state index < -0.39 is 17.4 Å². The van der Waals surface area contributed by atoms with Crippen molar-refractivity contribution in [2.75, 3.05) is 12.4 Å². The number of anilines is 1. The number of carbonyl (C=O) groups excluding carboxylic acids is 2. The van der Waals surface area contributed by atoms with E-state index >= 15 is 0 Å². The minimum atomic E-state index is -0.919. The van der Waals surface area contributed by atoms with Gasteiger partial charge < -0.3 is 15.8 Å². The van der Waals surface area contributed by atoms with Crippen LogP contribution >= 0.6 is 11.3 Å². The van der Waals surface area contributed by atoms with Crippen molar-refractivity contribution in [2.45, 2.75) is 26.3 Å². The molecule has 0 spiro atoms. The predicted octanol–water partition coefficient (Wildman–Crippen LogP) is 0.914. The van der Waals surface area contributed by atoms with Crippen LogP contribution in [-0.4, -0.2) is 29.5 Å². The van der Waals surface area contributed by atoms with E-state index in [0.29, 0.717) is 5.13 Å². The van der Waals surface area contributed by atoms with Crippen molar-refractivity contribution < 1.29 is 14.3 Å². The molecular formula is C10H15N3O3S. The first kappa shape index (κ1) is 13.4. The van der Waals surface area contributed by atoms with Gasteiger partial charge in [0.15, 0.2) is 10.8 Å². The van der Waals surface area contributed by atoms with Gasteiger partial charge in [-0.15, -0.1) is 11.3 Å². The zero-order valence-corrected chi connectivity index (χ0v) is 11.0. The molecule has 7 heteroatoms. The Bertz CT molecular complexity index is 454. The average molecular weight is 257 g/mol. The van der Waals surface area contributed by atoms with Crippen LogP contribution in [0.15, 0.2) is 0 Å². The number of amides is 1. The van der Waals surface area contributed by atoms with Crippen molar-refractivity contribution in [2.24, 2.45) is 5.73 Å². The van der Waals surface area contributed by atoms with E-state index in [-0.39, 0.29) is 5.69 Å². The van der Waals surface area contributed by atoms with E-state index in [4.69, 9.17) is 5.73 Å². The van der Waals surface area contributed by atoms with Gasteiger partial charge in [-0.05, 0) is 20.8 Å². The van der Waals surface area contributed by atoms with Crippen molar-refractivity contribution in [1.82, 2.24) is 4.98 Å². The van der Waals surface area contributed by atoms with Gasteiger partial charge in [0.1, 0.15) is 5.54 Å². The van der Waals surface area contributed by atoms with Crippen LogP contribution in [0.4, 0.5) is 5.13 Å². The number of nitrogens with two attached hydrogens (primary N) is 1. The summed E-state index contributed by atoms with van der Waals surface area (Å²) >= 11 is 1.27. The first-order valence-corrected chi connectivity index (χ1v) is 5.73. The van der Waals surface area contributed by atoms with Gasteiger partial charge in [0, 0.05) is 4.88 Å². The molecule has 17 heavy (non-hydrogen) atoms. The van der Waals surface area contributed by atoms with Crippen LogP contribution in [0.25, 0.3) is 0 Å². The molecule has 0 saturated heterocycles. The first-order valence-electron chi connectivity index (χ1n) is 4.91. The number of carbonyl (C=O) groups is 2. The molecule has 0 radical (unpaired) electrons. The number of ether oxygens (including phenoxy) is 1. The van der Waals surface area contributed by atoms with Crippen molar-refractivity contribution in [1.29, 1.82) is 0 Å². The molecule has 1 aromatic heterocycles. The quantitative estimate of drug-likeness (QED) is 0.782. The monoisotopic (exact) mass is 257 g/mol. The molecule has 1 rings (SSSR count). The molecule has 0 aromatic carbocycles. The van der Waals surface area contributed by atoms with Gasteiger partial charge in [-0.1, -0.05) is 0 Å². The third-order valence-electron chi connectivity index (χ3n) is 2.21. The molecule has 0 atom stereocenters. The van der Waals surface area contributed by atoms with E-state index in [1.807, 2.05) is 0 Å². The highest BCUT2D eigenvalue weighted by Gasteiger charge is 2.27. The second-order valence-electron chi connectivity index (χ2n) is 4.03. The molecule has 0 bridgehead atoms. The molecule has 3 N–H and O–H groups in total. The smallest absolute Gasteiger partial charge is 0.357 e. The molecule has 6 nitrogen and oxygen atoms in total. The van der Waals surface area contributed by atoms with E-state index in [0.717, 1.165) is 4.88 Å². The summed E-state index contributed by atoms with van der Waals surface area (Å²) in [7, 11) is 1.29. The molecule has 0 saturated carbocycles. The maximum absolute atomic E-state index is 11.3. The summed E-state index contributed by atoms with van der Waals surface area (Å²) < 4.78 is 4.59. The van der Waals surface area contributed by atoms with Gasteiger partial charge in [-0.25, -0.2) is 9.78 Å². The maximum Gasteiger partial charge on any atom is 0.357 e. The van der Waals surface area contributed by atoms with Gasteiger partial charge in [0.2, 0.25) is 5.91 Å². The molecule has 0 fully saturated rings. The Kier molecular flexibility index (Phi) is 3.72. The second kappa shape index (κ2) is 4.70. The molecule has 1 heterocycles. The van der Waals surface area contributed by atoms with Gasteiger partial charge >= 0.3 is 5.97 Å². The highest BCUT2D eigenvalue weighted by Crippen LogP contribution is 2.25. The Hall–Kier alpha value is -1.63. The fraction of sp³-hybridized carbons (Fsp3) is 0.500. The van der Waals surface area contributed by atoms with Gasteiger partial charge in [-0.2, -0.15) is 0 Å². The van der Waals surface area contributed by atoms with E-state index in [9.17, 15) is 9.59 Å². The Morgan fingerprint density at radius 1 is 1.47 bits per heavy atom. The number of nitrogens with one attached hydrogen (secondary N) is 1. The molecule has 0 aliphatic rings. The van der Waals surface area contributed by atoms with Gasteiger partial charge in [-0.3, -0.25) is 4.79 Å². The Balaban J connectivity index is 2.95. The van der Waals surface area contributed by atoms with Crippen LogP contribution < -0.4 is 11.1 Å². The Morgan fingerprint density at radius 3 is 2.53 bits per heavy atom. The van der Waals surface area contributed by atoms with Crippen LogP contribution in [0.2, 0.25) is 0 Å². The van der Waals surface area contributed by atoms with Crippen LogP contribution in [0.5, 0.6) is 0 Å². The molecular weight excluding hydrogens is 242 g/mol. The van der Waals surface area contributed by atoms with Crippen molar-refractivity contribution in [3.63, 3.8) is 0 Å². The maximum atomic E-state index is 11.3. The SMILES string of the molecule is COC(=O)c1nc(NC(C)(C)C(N)=O)sc1C. The van der Waals surface area contributed by atoms with E-state index in [1.54, 1.807) is 20.8 Å². The molecule has 0 aliphatic heterocycles. The standard InChI is InChI=1S/C10H15N3O3S/c1-5-6(7(14)16-4)12-9(17-5)13-10(2,3)8(11)15/h1-4H3,(H2,11,15)(H,12,13). The largest absolute Gasteiger partial charge is 0.464 e. The van der Waals surface area contributed by atoms with Gasteiger partial charge in [0.05, 0.1) is 7.11 Å². The predicted molar refractivity (Wildman–Crippen MR) is 65.1 cm³/mol. The van der Waals surface area contributed by atoms with Gasteiger partial charge in [0.25, 0.3) is 0 Å². The number of rotatable bonds is 4. The summed E-state index contributed by atoms with van der Waals surface area (Å²) in [5.74, 6) is -0.992. The van der Waals surface area contributed by atoms with Crippen molar-refractivity contribution >= 4 is 28.3 Å². The number of hydrogen-bond donors (Lipinski definition) is 2. The fourth-order valence-corrected chi connectivity index (χ4v) is 2.02. The number of aromatic nitrogens is 1. The third-order valence-corrected chi connectivity index (χ3v) is 3.10. The number of aryl methyl sites for hydroxylation is 1. The summed E-state index contributed by atoms with van der Waals surface area (Å²) in [4.78, 5) is 27.3. The summed E-state index contributed by atoms with van der Waals surface area (Å²) in [6.45, 7) is 5.04. The molecule has 0 aliphatic carbocycles. The average Bonchev–Trinajstić information content (AvgIpc) is 2.57. The van der Waals surface area contributed by atoms with Crippen molar-refractivity contribution in [3.8, 4) is 0 Å². The topological polar surface area (TPSA) is 94.3 Å². The summed E-state index contributed by atoms with van der Waals surface area (Å²) in [6.07, 6.45) is 0. The first-order chi connectivity index (χ1) is 7.77. The molecule has 94 valence electrons. The Labute approximate surface area is 103 Å². The van der Waals surface area contributed by atoms with Crippen LogP contribution in [0.1, 0.15) is 29.2 Å². The van der Waals surface area contributed by atoms with Crippen LogP contribution in [-0.2, 0) is 9.53 Å². The molecule has 0 unspecified atom stereocenters. The summed E-state index contributed by atoms with van der Waals surface area (Å²) in [5.41, 5.74) is 4.56. The number of nitrogens with zero attached hydrogens (tertiary/aromatic N) is 1. The van der Waals surface area contributed by atoms with Crippen LogP contribution in [0, 0.1) is 6.92 Å². The highest BCUT2D eigenvalue weighted by atomic mass is 32.1. The second-order valence-corrected chi connectivity index (χ2v) is 5.23. The number of primary amides is 1. The van der Waals surface area contributed by atoms with Crippen molar-refractivity contribution in [3.05, 3.63) is 10.6 Å². The number of thiazole rings is 1. The van der Waals surface area contributed by atoms with E-state index in [1.165, 1.54) is 18.4 Å². The zero-order chi connectivity index (χ0) is 13.2. The third kappa shape index (κ3) is 2.94. The summed E-state index contributed by atoms with van der Waals surface area (Å²) in [6, 6.07) is 0.